The highest BCUT2D eigenvalue weighted by molar-refractivity contribution is 5.68. The second kappa shape index (κ2) is 5.00. The molecule has 0 aliphatic carbocycles. The second-order valence-electron chi connectivity index (χ2n) is 5.48. The number of hydrogen-bond acceptors (Lipinski definition) is 3. The number of carbonyl (C=O) groups is 1. The summed E-state index contributed by atoms with van der Waals surface area (Å²) < 4.78 is 5.26. The monoisotopic (exact) mass is 251 g/mol. The summed E-state index contributed by atoms with van der Waals surface area (Å²) in [6.07, 6.45) is 3.52. The number of unbranched alkanes of at least 4 members (excludes halogenated alkanes) is 1. The molecule has 0 atom stereocenters. The summed E-state index contributed by atoms with van der Waals surface area (Å²) in [6.45, 7) is 8.04. The number of nitrogens with zero attached hydrogens (tertiary/aromatic N) is 2. The van der Waals surface area contributed by atoms with Gasteiger partial charge in [0.05, 0.1) is 19.3 Å². The van der Waals surface area contributed by atoms with E-state index in [-0.39, 0.29) is 11.5 Å². The molecule has 0 unspecified atom stereocenters. The molecule has 0 saturated heterocycles. The van der Waals surface area contributed by atoms with E-state index in [1.54, 1.807) is 11.1 Å². The van der Waals surface area contributed by atoms with E-state index in [9.17, 15) is 4.79 Å². The second-order valence-corrected chi connectivity index (χ2v) is 5.48. The van der Waals surface area contributed by atoms with Crippen molar-refractivity contribution in [2.75, 3.05) is 13.2 Å². The van der Waals surface area contributed by atoms with Crippen LogP contribution < -0.4 is 0 Å². The average molecular weight is 251 g/mol. The lowest BCUT2D eigenvalue weighted by Crippen LogP contribution is -2.45. The highest BCUT2D eigenvalue weighted by atomic mass is 16.6. The topological polar surface area (TPSA) is 58.2 Å². The highest BCUT2D eigenvalue weighted by Crippen LogP contribution is 2.31. The van der Waals surface area contributed by atoms with Crippen molar-refractivity contribution in [2.45, 2.75) is 45.6 Å². The predicted molar refractivity (Wildman–Crippen MR) is 68.3 cm³/mol. The van der Waals surface area contributed by atoms with Gasteiger partial charge in [0.15, 0.2) is 0 Å². The first-order valence-corrected chi connectivity index (χ1v) is 6.49. The summed E-state index contributed by atoms with van der Waals surface area (Å²) in [5.41, 5.74) is 2.10. The molecule has 2 heterocycles. The number of nitrogens with one attached hydrogen (secondary N) is 1. The zero-order chi connectivity index (χ0) is 13.2. The number of aromatic nitrogens is 2. The molecular weight excluding hydrogens is 230 g/mol. The van der Waals surface area contributed by atoms with Crippen LogP contribution in [0.1, 0.15) is 44.9 Å². The first kappa shape index (κ1) is 12.9. The van der Waals surface area contributed by atoms with Crippen LogP contribution in [-0.2, 0) is 16.7 Å². The maximum absolute atomic E-state index is 12.0. The Labute approximate surface area is 108 Å². The smallest absolute Gasteiger partial charge is 0.410 e. The zero-order valence-corrected chi connectivity index (χ0v) is 11.3. The quantitative estimate of drug-likeness (QED) is 0.839. The van der Waals surface area contributed by atoms with E-state index in [2.05, 4.69) is 31.0 Å². The molecule has 0 fully saturated rings. The van der Waals surface area contributed by atoms with Crippen LogP contribution >= 0.6 is 0 Å². The molecule has 0 saturated carbocycles. The Balaban J connectivity index is 2.03. The maximum Gasteiger partial charge on any atom is 0.410 e. The molecule has 18 heavy (non-hydrogen) atoms. The van der Waals surface area contributed by atoms with E-state index in [4.69, 9.17) is 4.74 Å². The summed E-state index contributed by atoms with van der Waals surface area (Å²) in [7, 11) is 0. The number of fused-ring (bicyclic) bond motifs is 1. The molecule has 1 aliphatic rings. The third-order valence-corrected chi connectivity index (χ3v) is 3.32. The summed E-state index contributed by atoms with van der Waals surface area (Å²) in [5, 5.41) is 7.10. The van der Waals surface area contributed by atoms with Crippen molar-refractivity contribution in [3.8, 4) is 0 Å². The molecule has 0 radical (unpaired) electrons. The fraction of sp³-hybridized carbons (Fsp3) is 0.692. The van der Waals surface area contributed by atoms with Crippen molar-refractivity contribution in [1.82, 2.24) is 15.1 Å². The number of amides is 1. The van der Waals surface area contributed by atoms with Crippen molar-refractivity contribution < 1.29 is 9.53 Å². The number of hydrogen-bond donors (Lipinski definition) is 1. The van der Waals surface area contributed by atoms with Crippen LogP contribution in [0.15, 0.2) is 6.20 Å². The lowest BCUT2D eigenvalue weighted by atomic mass is 9.83. The van der Waals surface area contributed by atoms with Gasteiger partial charge in [-0.3, -0.25) is 5.10 Å². The molecule has 0 bridgehead atoms. The van der Waals surface area contributed by atoms with Crippen molar-refractivity contribution in [2.24, 2.45) is 0 Å². The van der Waals surface area contributed by atoms with Crippen LogP contribution in [0.5, 0.6) is 0 Å². The first-order valence-electron chi connectivity index (χ1n) is 6.49. The number of H-pyrrole nitrogens is 1. The van der Waals surface area contributed by atoms with E-state index < -0.39 is 0 Å². The van der Waals surface area contributed by atoms with Gasteiger partial charge in [-0.1, -0.05) is 27.2 Å². The van der Waals surface area contributed by atoms with E-state index in [1.807, 2.05) is 0 Å². The lowest BCUT2D eigenvalue weighted by Gasteiger charge is -2.36. The summed E-state index contributed by atoms with van der Waals surface area (Å²) in [4.78, 5) is 13.7. The fourth-order valence-electron chi connectivity index (χ4n) is 2.36. The molecule has 1 N–H and O–H groups in total. The van der Waals surface area contributed by atoms with Crippen LogP contribution in [0.3, 0.4) is 0 Å². The Bertz CT molecular complexity index is 426. The molecule has 1 amide bonds. The highest BCUT2D eigenvalue weighted by Gasteiger charge is 2.35. The minimum Gasteiger partial charge on any atom is -0.449 e. The number of rotatable bonds is 3. The molecule has 0 aromatic carbocycles. The fourth-order valence-corrected chi connectivity index (χ4v) is 2.36. The number of aromatic amines is 1. The Morgan fingerprint density at radius 3 is 3.11 bits per heavy atom. The maximum atomic E-state index is 12.0. The minimum absolute atomic E-state index is 0.103. The van der Waals surface area contributed by atoms with Crippen molar-refractivity contribution in [3.05, 3.63) is 17.5 Å². The summed E-state index contributed by atoms with van der Waals surface area (Å²) in [5.74, 6) is 0. The zero-order valence-electron chi connectivity index (χ0n) is 11.3. The Morgan fingerprint density at radius 1 is 1.61 bits per heavy atom. The molecule has 2 rings (SSSR count). The van der Waals surface area contributed by atoms with Gasteiger partial charge in [0.1, 0.15) is 0 Å². The Hall–Kier alpha value is -1.52. The van der Waals surface area contributed by atoms with Crippen LogP contribution in [0.2, 0.25) is 0 Å². The SMILES string of the molecule is CCCCOC(=O)N1Cc2cn[nH]c2C(C)(C)C1. The van der Waals surface area contributed by atoms with E-state index in [1.165, 1.54) is 0 Å². The normalized spacial score (nSPS) is 17.4. The lowest BCUT2D eigenvalue weighted by molar-refractivity contribution is 0.0860. The summed E-state index contributed by atoms with van der Waals surface area (Å²) in [6, 6.07) is 0. The molecule has 1 aromatic rings. The van der Waals surface area contributed by atoms with Gasteiger partial charge >= 0.3 is 6.09 Å². The third-order valence-electron chi connectivity index (χ3n) is 3.32. The number of ether oxygens (including phenoxy) is 1. The molecule has 5 heteroatoms. The summed E-state index contributed by atoms with van der Waals surface area (Å²) >= 11 is 0. The van der Waals surface area contributed by atoms with Gasteiger partial charge < -0.3 is 9.64 Å². The van der Waals surface area contributed by atoms with Crippen LogP contribution in [-0.4, -0.2) is 34.3 Å². The standard InChI is InChI=1S/C13H21N3O2/c1-4-5-6-18-12(17)16-8-10-7-14-15-11(10)13(2,3)9-16/h7H,4-6,8-9H2,1-3H3,(H,14,15). The molecule has 100 valence electrons. The van der Waals surface area contributed by atoms with Gasteiger partial charge in [0.25, 0.3) is 0 Å². The molecule has 1 aliphatic heterocycles. The van der Waals surface area contributed by atoms with Crippen molar-refractivity contribution >= 4 is 6.09 Å². The minimum atomic E-state index is -0.219. The third kappa shape index (κ3) is 2.49. The van der Waals surface area contributed by atoms with Gasteiger partial charge in [0.2, 0.25) is 0 Å². The van der Waals surface area contributed by atoms with Gasteiger partial charge in [0, 0.05) is 23.2 Å². The Kier molecular flexibility index (Phi) is 3.59. The van der Waals surface area contributed by atoms with Crippen LogP contribution in [0.25, 0.3) is 0 Å². The molecule has 0 spiro atoms. The van der Waals surface area contributed by atoms with Crippen molar-refractivity contribution in [3.63, 3.8) is 0 Å². The molecular formula is C13H21N3O2. The number of carbonyl (C=O) groups excluding carboxylic acids is 1. The van der Waals surface area contributed by atoms with Gasteiger partial charge in [-0.15, -0.1) is 0 Å². The van der Waals surface area contributed by atoms with Crippen LogP contribution in [0, 0.1) is 0 Å². The average Bonchev–Trinajstić information content (AvgIpc) is 2.77. The van der Waals surface area contributed by atoms with E-state index in [0.717, 1.165) is 24.1 Å². The van der Waals surface area contributed by atoms with Gasteiger partial charge in [-0.25, -0.2) is 4.79 Å². The van der Waals surface area contributed by atoms with Crippen LogP contribution in [0.4, 0.5) is 4.79 Å². The molecule has 5 nitrogen and oxygen atoms in total. The van der Waals surface area contributed by atoms with Gasteiger partial charge in [-0.05, 0) is 6.42 Å². The largest absolute Gasteiger partial charge is 0.449 e. The van der Waals surface area contributed by atoms with E-state index in [0.29, 0.717) is 19.7 Å². The Morgan fingerprint density at radius 2 is 2.39 bits per heavy atom. The predicted octanol–water partition coefficient (Wildman–Crippen LogP) is 2.44. The van der Waals surface area contributed by atoms with E-state index >= 15 is 0 Å². The first-order chi connectivity index (χ1) is 8.54. The van der Waals surface area contributed by atoms with Gasteiger partial charge in [-0.2, -0.15) is 5.10 Å². The van der Waals surface area contributed by atoms with Crippen molar-refractivity contribution in [1.29, 1.82) is 0 Å². The molecule has 1 aromatic heterocycles.